The highest BCUT2D eigenvalue weighted by Crippen LogP contribution is 2.24. The van der Waals surface area contributed by atoms with Crippen molar-refractivity contribution in [3.05, 3.63) is 29.8 Å². The van der Waals surface area contributed by atoms with Crippen LogP contribution < -0.4 is 20.3 Å². The maximum atomic E-state index is 14.0. The highest BCUT2D eigenvalue weighted by Gasteiger charge is 2.26. The van der Waals surface area contributed by atoms with Gasteiger partial charge in [-0.15, -0.1) is 24.0 Å². The Hall–Kier alpha value is -1.21. The molecule has 1 heterocycles. The van der Waals surface area contributed by atoms with Gasteiger partial charge in [0.25, 0.3) is 0 Å². The fourth-order valence-corrected chi connectivity index (χ4v) is 4.14. The van der Waals surface area contributed by atoms with E-state index in [1.807, 2.05) is 4.90 Å². The van der Waals surface area contributed by atoms with Crippen molar-refractivity contribution >= 4 is 45.6 Å². The minimum Gasteiger partial charge on any atom is -0.367 e. The number of hydrogen-bond acceptors (Lipinski definition) is 4. The Labute approximate surface area is 182 Å². The molecule has 1 unspecified atom stereocenters. The number of halogens is 3. The van der Waals surface area contributed by atoms with Crippen molar-refractivity contribution in [3.63, 3.8) is 0 Å². The van der Waals surface area contributed by atoms with Gasteiger partial charge in [-0.05, 0) is 32.4 Å². The molecule has 160 valence electrons. The van der Waals surface area contributed by atoms with E-state index in [1.165, 1.54) is 12.1 Å². The highest BCUT2D eigenvalue weighted by molar-refractivity contribution is 14.0. The summed E-state index contributed by atoms with van der Waals surface area (Å²) in [5, 5.41) is 6.36. The van der Waals surface area contributed by atoms with Gasteiger partial charge in [-0.1, -0.05) is 0 Å². The molecule has 0 bridgehead atoms. The molecule has 7 nitrogen and oxygen atoms in total. The average molecular weight is 531 g/mol. The van der Waals surface area contributed by atoms with Crippen LogP contribution in [0.1, 0.15) is 20.3 Å². The van der Waals surface area contributed by atoms with Gasteiger partial charge in [0.05, 0.1) is 11.9 Å². The molecule has 1 aliphatic heterocycles. The van der Waals surface area contributed by atoms with Crippen LogP contribution in [0.5, 0.6) is 0 Å². The van der Waals surface area contributed by atoms with Crippen LogP contribution in [-0.4, -0.2) is 58.9 Å². The van der Waals surface area contributed by atoms with Crippen LogP contribution in [0.2, 0.25) is 0 Å². The number of nitrogens with one attached hydrogen (secondary N) is 3. The molecular formula is C17H28F2IN5O2S. The number of anilines is 1. The average Bonchev–Trinajstić information content (AvgIpc) is 2.97. The van der Waals surface area contributed by atoms with Gasteiger partial charge in [-0.3, -0.25) is 4.99 Å². The maximum Gasteiger partial charge on any atom is 0.209 e. The van der Waals surface area contributed by atoms with E-state index in [0.29, 0.717) is 31.3 Å². The van der Waals surface area contributed by atoms with Crippen molar-refractivity contribution in [2.24, 2.45) is 4.99 Å². The molecule has 0 aromatic heterocycles. The van der Waals surface area contributed by atoms with E-state index >= 15 is 0 Å². The molecule has 2 rings (SSSR count). The number of guanidine groups is 1. The first-order valence-electron chi connectivity index (χ1n) is 8.65. The summed E-state index contributed by atoms with van der Waals surface area (Å²) in [6, 6.07) is 3.61. The van der Waals surface area contributed by atoms with Crippen LogP contribution >= 0.6 is 24.0 Å². The lowest BCUT2D eigenvalue weighted by molar-refractivity contribution is 0.445. The van der Waals surface area contributed by atoms with Crippen LogP contribution in [0.4, 0.5) is 14.5 Å². The minimum atomic E-state index is -3.32. The van der Waals surface area contributed by atoms with E-state index in [-0.39, 0.29) is 30.0 Å². The van der Waals surface area contributed by atoms with Crippen LogP contribution in [0.25, 0.3) is 0 Å². The second-order valence-corrected chi connectivity index (χ2v) is 9.10. The van der Waals surface area contributed by atoms with Gasteiger partial charge in [0, 0.05) is 44.3 Å². The molecule has 1 atom stereocenters. The summed E-state index contributed by atoms with van der Waals surface area (Å²) in [7, 11) is -1.70. The Kier molecular flexibility index (Phi) is 8.88. The summed E-state index contributed by atoms with van der Waals surface area (Å²) in [5.41, 5.74) is -0.313. The van der Waals surface area contributed by atoms with E-state index < -0.39 is 27.2 Å². The predicted octanol–water partition coefficient (Wildman–Crippen LogP) is 1.65. The van der Waals surface area contributed by atoms with Crippen molar-refractivity contribution in [1.29, 1.82) is 0 Å². The van der Waals surface area contributed by atoms with Gasteiger partial charge in [0.15, 0.2) is 5.96 Å². The molecule has 1 fully saturated rings. The first-order chi connectivity index (χ1) is 12.5. The van der Waals surface area contributed by atoms with E-state index in [4.69, 9.17) is 0 Å². The third kappa shape index (κ3) is 7.66. The fraction of sp³-hybridized carbons (Fsp3) is 0.588. The van der Waals surface area contributed by atoms with E-state index in [1.54, 1.807) is 20.9 Å². The summed E-state index contributed by atoms with van der Waals surface area (Å²) in [6.45, 7) is 5.06. The zero-order valence-corrected chi connectivity index (χ0v) is 19.6. The smallest absolute Gasteiger partial charge is 0.209 e. The summed E-state index contributed by atoms with van der Waals surface area (Å²) in [5.74, 6) is -0.642. The summed E-state index contributed by atoms with van der Waals surface area (Å²) >= 11 is 0. The fourth-order valence-electron chi connectivity index (χ4n) is 3.07. The second kappa shape index (κ2) is 10.0. The zero-order chi connectivity index (χ0) is 20.2. The van der Waals surface area contributed by atoms with Crippen molar-refractivity contribution in [1.82, 2.24) is 15.4 Å². The Morgan fingerprint density at radius 2 is 2.04 bits per heavy atom. The first-order valence-corrected chi connectivity index (χ1v) is 10.5. The number of nitrogens with zero attached hydrogens (tertiary/aromatic N) is 2. The van der Waals surface area contributed by atoms with Gasteiger partial charge in [0.2, 0.25) is 10.0 Å². The van der Waals surface area contributed by atoms with Crippen molar-refractivity contribution in [2.45, 2.75) is 31.8 Å². The normalized spacial score (nSPS) is 18.0. The molecule has 1 saturated heterocycles. The third-order valence-corrected chi connectivity index (χ3v) is 5.09. The lowest BCUT2D eigenvalue weighted by Gasteiger charge is -2.27. The lowest BCUT2D eigenvalue weighted by atomic mass is 10.1. The molecule has 11 heteroatoms. The largest absolute Gasteiger partial charge is 0.367 e. The monoisotopic (exact) mass is 531 g/mol. The Morgan fingerprint density at radius 3 is 2.61 bits per heavy atom. The number of rotatable bonds is 6. The quantitative estimate of drug-likeness (QED) is 0.296. The molecule has 1 aromatic rings. The van der Waals surface area contributed by atoms with Crippen molar-refractivity contribution in [3.8, 4) is 0 Å². The molecule has 1 aromatic carbocycles. The summed E-state index contributed by atoms with van der Waals surface area (Å²) in [4.78, 5) is 6.01. The molecule has 0 saturated carbocycles. The molecule has 1 aliphatic rings. The van der Waals surface area contributed by atoms with Gasteiger partial charge in [-0.25, -0.2) is 21.9 Å². The molecule has 0 amide bonds. The minimum absolute atomic E-state index is 0. The summed E-state index contributed by atoms with van der Waals surface area (Å²) < 4.78 is 52.4. The standard InChI is InChI=1S/C17H27F2N5O2S.HI/c1-17(2,23-27(4,25)26)11-21-16(20-3)22-13-7-8-24(10-13)15-6-5-12(18)9-14(15)19;/h5-6,9,13,23H,7-8,10-11H2,1-4H3,(H2,20,21,22);1H. The molecule has 0 aliphatic carbocycles. The number of sulfonamides is 1. The van der Waals surface area contributed by atoms with E-state index in [2.05, 4.69) is 20.3 Å². The Bertz CT molecular complexity index is 805. The second-order valence-electron chi connectivity index (χ2n) is 7.36. The van der Waals surface area contributed by atoms with Crippen LogP contribution in [0.15, 0.2) is 23.2 Å². The van der Waals surface area contributed by atoms with Gasteiger partial charge < -0.3 is 15.5 Å². The van der Waals surface area contributed by atoms with Crippen LogP contribution in [-0.2, 0) is 10.0 Å². The molecule has 0 spiro atoms. The lowest BCUT2D eigenvalue weighted by Crippen LogP contribution is -2.54. The topological polar surface area (TPSA) is 85.8 Å². The number of aliphatic imine (C=N–C) groups is 1. The van der Waals surface area contributed by atoms with E-state index in [0.717, 1.165) is 18.7 Å². The van der Waals surface area contributed by atoms with Gasteiger partial charge in [-0.2, -0.15) is 0 Å². The first kappa shape index (κ1) is 24.8. The SMILES string of the molecule is CN=C(NCC(C)(C)NS(C)(=O)=O)NC1CCN(c2ccc(F)cc2F)C1.I. The molecule has 28 heavy (non-hydrogen) atoms. The number of benzene rings is 1. The Morgan fingerprint density at radius 1 is 1.36 bits per heavy atom. The van der Waals surface area contributed by atoms with Gasteiger partial charge >= 0.3 is 0 Å². The van der Waals surface area contributed by atoms with Crippen molar-refractivity contribution in [2.75, 3.05) is 37.8 Å². The van der Waals surface area contributed by atoms with Crippen LogP contribution in [0.3, 0.4) is 0 Å². The molecular weight excluding hydrogens is 503 g/mol. The predicted molar refractivity (Wildman–Crippen MR) is 119 cm³/mol. The van der Waals surface area contributed by atoms with E-state index in [9.17, 15) is 17.2 Å². The zero-order valence-electron chi connectivity index (χ0n) is 16.4. The highest BCUT2D eigenvalue weighted by atomic mass is 127. The van der Waals surface area contributed by atoms with Crippen LogP contribution in [0, 0.1) is 11.6 Å². The summed E-state index contributed by atoms with van der Waals surface area (Å²) in [6.07, 6.45) is 1.88. The van der Waals surface area contributed by atoms with Gasteiger partial charge in [0.1, 0.15) is 11.6 Å². The number of hydrogen-bond donors (Lipinski definition) is 3. The third-order valence-electron chi connectivity index (χ3n) is 4.16. The Balaban J connectivity index is 0.00000392. The molecule has 0 radical (unpaired) electrons. The maximum absolute atomic E-state index is 14.0. The van der Waals surface area contributed by atoms with Crippen molar-refractivity contribution < 1.29 is 17.2 Å². The molecule has 3 N–H and O–H groups in total.